The summed E-state index contributed by atoms with van der Waals surface area (Å²) in [5, 5.41) is 9.01. The van der Waals surface area contributed by atoms with Crippen LogP contribution >= 0.6 is 0 Å². The van der Waals surface area contributed by atoms with Gasteiger partial charge in [-0.15, -0.1) is 0 Å². The molecule has 1 aliphatic rings. The van der Waals surface area contributed by atoms with E-state index in [0.29, 0.717) is 12.2 Å². The number of carboxylic acid groups (broad SMARTS) is 1. The van der Waals surface area contributed by atoms with Gasteiger partial charge in [0.1, 0.15) is 0 Å². The summed E-state index contributed by atoms with van der Waals surface area (Å²) in [6.07, 6.45) is 0.0671. The highest BCUT2D eigenvalue weighted by Crippen LogP contribution is 2.31. The minimum Gasteiger partial charge on any atom is -0.478 e. The van der Waals surface area contributed by atoms with E-state index in [1.165, 1.54) is 5.56 Å². The van der Waals surface area contributed by atoms with Gasteiger partial charge < -0.3 is 9.84 Å². The number of hydrogen-bond donors (Lipinski definition) is 1. The molecule has 0 aromatic heterocycles. The number of rotatable bonds is 4. The molecule has 0 bridgehead atoms. The Bertz CT molecular complexity index is 695. The third-order valence-electron chi connectivity index (χ3n) is 4.63. The molecule has 2 aromatic rings. The van der Waals surface area contributed by atoms with Gasteiger partial charge in [0, 0.05) is 18.6 Å². The summed E-state index contributed by atoms with van der Waals surface area (Å²) in [7, 11) is 0. The minimum atomic E-state index is -0.891. The molecule has 0 radical (unpaired) electrons. The molecular weight excluding hydrogens is 302 g/mol. The smallest absolute Gasteiger partial charge is 0.335 e. The Balaban J connectivity index is 1.75. The van der Waals surface area contributed by atoms with Crippen LogP contribution in [0.1, 0.15) is 41.4 Å². The van der Waals surface area contributed by atoms with Crippen LogP contribution in [0.2, 0.25) is 0 Å². The lowest BCUT2D eigenvalue weighted by Gasteiger charge is -2.45. The van der Waals surface area contributed by atoms with Gasteiger partial charge in [-0.2, -0.15) is 0 Å². The second-order valence-electron chi connectivity index (χ2n) is 6.91. The Hall–Kier alpha value is -2.17. The van der Waals surface area contributed by atoms with E-state index in [1.54, 1.807) is 12.1 Å². The largest absolute Gasteiger partial charge is 0.478 e. The van der Waals surface area contributed by atoms with Gasteiger partial charge in [-0.3, -0.25) is 4.90 Å². The van der Waals surface area contributed by atoms with E-state index in [-0.39, 0.29) is 11.6 Å². The normalized spacial score (nSPS) is 20.7. The first-order valence-electron chi connectivity index (χ1n) is 8.19. The van der Waals surface area contributed by atoms with Crippen LogP contribution in [0.4, 0.5) is 0 Å². The van der Waals surface area contributed by atoms with Gasteiger partial charge in [-0.25, -0.2) is 4.79 Å². The molecule has 1 heterocycles. The lowest BCUT2D eigenvalue weighted by atomic mass is 9.97. The van der Waals surface area contributed by atoms with E-state index in [2.05, 4.69) is 30.9 Å². The number of benzene rings is 2. The molecule has 1 saturated heterocycles. The van der Waals surface area contributed by atoms with Crippen molar-refractivity contribution in [3.63, 3.8) is 0 Å². The highest BCUT2D eigenvalue weighted by atomic mass is 16.5. The molecular formula is C20H23NO3. The van der Waals surface area contributed by atoms with E-state index in [4.69, 9.17) is 9.84 Å². The zero-order valence-corrected chi connectivity index (χ0v) is 14.1. The van der Waals surface area contributed by atoms with E-state index in [9.17, 15) is 4.79 Å². The van der Waals surface area contributed by atoms with Gasteiger partial charge in [0.15, 0.2) is 0 Å². The van der Waals surface area contributed by atoms with Gasteiger partial charge >= 0.3 is 5.97 Å². The van der Waals surface area contributed by atoms with Crippen molar-refractivity contribution in [2.75, 3.05) is 13.2 Å². The highest BCUT2D eigenvalue weighted by molar-refractivity contribution is 5.87. The molecule has 0 spiro atoms. The summed E-state index contributed by atoms with van der Waals surface area (Å²) in [4.78, 5) is 13.4. The topological polar surface area (TPSA) is 49.8 Å². The van der Waals surface area contributed by atoms with Crippen LogP contribution in [0, 0.1) is 0 Å². The first-order valence-corrected chi connectivity index (χ1v) is 8.19. The molecule has 1 atom stereocenters. The summed E-state index contributed by atoms with van der Waals surface area (Å²) in [6, 6.07) is 17.4. The summed E-state index contributed by atoms with van der Waals surface area (Å²) >= 11 is 0. The zero-order valence-electron chi connectivity index (χ0n) is 14.1. The fourth-order valence-electron chi connectivity index (χ4n) is 3.02. The number of hydrogen-bond acceptors (Lipinski definition) is 3. The van der Waals surface area contributed by atoms with E-state index >= 15 is 0 Å². The number of aromatic carboxylic acids is 1. The lowest BCUT2D eigenvalue weighted by Crippen LogP contribution is -2.53. The van der Waals surface area contributed by atoms with Crippen molar-refractivity contribution >= 4 is 5.97 Å². The van der Waals surface area contributed by atoms with Crippen molar-refractivity contribution in [1.29, 1.82) is 0 Å². The average Bonchev–Trinajstić information content (AvgIpc) is 2.58. The van der Waals surface area contributed by atoms with Crippen molar-refractivity contribution in [3.8, 4) is 0 Å². The Morgan fingerprint density at radius 3 is 2.46 bits per heavy atom. The maximum absolute atomic E-state index is 11.0. The van der Waals surface area contributed by atoms with Gasteiger partial charge in [-0.1, -0.05) is 42.5 Å². The molecule has 1 unspecified atom stereocenters. The molecule has 0 amide bonds. The van der Waals surface area contributed by atoms with E-state index < -0.39 is 5.97 Å². The van der Waals surface area contributed by atoms with Crippen LogP contribution in [0.15, 0.2) is 54.6 Å². The second-order valence-corrected chi connectivity index (χ2v) is 6.91. The summed E-state index contributed by atoms with van der Waals surface area (Å²) in [6.45, 7) is 6.62. The third kappa shape index (κ3) is 3.66. The van der Waals surface area contributed by atoms with Crippen LogP contribution in [-0.4, -0.2) is 34.7 Å². The first-order chi connectivity index (χ1) is 11.5. The molecule has 4 nitrogen and oxygen atoms in total. The molecule has 4 heteroatoms. The molecule has 2 aromatic carbocycles. The SMILES string of the molecule is CC1(C)COC(c2ccccc2)CN1Cc1ccc(C(=O)O)cc1. The summed E-state index contributed by atoms with van der Waals surface area (Å²) in [5.41, 5.74) is 2.57. The number of morpholine rings is 1. The Labute approximate surface area is 142 Å². The molecule has 3 rings (SSSR count). The third-order valence-corrected chi connectivity index (χ3v) is 4.63. The van der Waals surface area contributed by atoms with Crippen LogP contribution < -0.4 is 0 Å². The van der Waals surface area contributed by atoms with Gasteiger partial charge in [0.2, 0.25) is 0 Å². The average molecular weight is 325 g/mol. The molecule has 1 aliphatic heterocycles. The molecule has 0 saturated carbocycles. The molecule has 126 valence electrons. The van der Waals surface area contributed by atoms with Crippen molar-refractivity contribution in [2.24, 2.45) is 0 Å². The van der Waals surface area contributed by atoms with Crippen molar-refractivity contribution in [2.45, 2.75) is 32.0 Å². The van der Waals surface area contributed by atoms with Gasteiger partial charge in [0.25, 0.3) is 0 Å². The van der Waals surface area contributed by atoms with Gasteiger partial charge in [-0.05, 0) is 37.1 Å². The second kappa shape index (κ2) is 6.75. The quantitative estimate of drug-likeness (QED) is 0.930. The van der Waals surface area contributed by atoms with E-state index in [0.717, 1.165) is 18.7 Å². The number of nitrogens with zero attached hydrogens (tertiary/aromatic N) is 1. The van der Waals surface area contributed by atoms with Crippen LogP contribution in [0.25, 0.3) is 0 Å². The standard InChI is InChI=1S/C20H23NO3/c1-20(2)14-24-18(16-6-4-3-5-7-16)13-21(20)12-15-8-10-17(11-9-15)19(22)23/h3-11,18H,12-14H2,1-2H3,(H,22,23). The van der Waals surface area contributed by atoms with Crippen LogP contribution in [-0.2, 0) is 11.3 Å². The predicted octanol–water partition coefficient (Wildman–Crippen LogP) is 3.74. The Morgan fingerprint density at radius 2 is 1.83 bits per heavy atom. The fraction of sp³-hybridized carbons (Fsp3) is 0.350. The molecule has 1 fully saturated rings. The van der Waals surface area contributed by atoms with Crippen molar-refractivity contribution < 1.29 is 14.6 Å². The van der Waals surface area contributed by atoms with Crippen molar-refractivity contribution in [3.05, 3.63) is 71.3 Å². The molecule has 24 heavy (non-hydrogen) atoms. The maximum Gasteiger partial charge on any atom is 0.335 e. The number of carboxylic acids is 1. The van der Waals surface area contributed by atoms with Crippen LogP contribution in [0.3, 0.4) is 0 Å². The highest BCUT2D eigenvalue weighted by Gasteiger charge is 2.35. The van der Waals surface area contributed by atoms with Crippen molar-refractivity contribution in [1.82, 2.24) is 4.90 Å². The monoisotopic (exact) mass is 325 g/mol. The van der Waals surface area contributed by atoms with Gasteiger partial charge in [0.05, 0.1) is 18.3 Å². The maximum atomic E-state index is 11.0. The predicted molar refractivity (Wildman–Crippen MR) is 93.0 cm³/mol. The lowest BCUT2D eigenvalue weighted by molar-refractivity contribution is -0.104. The minimum absolute atomic E-state index is 0.0588. The van der Waals surface area contributed by atoms with E-state index in [1.807, 2.05) is 30.3 Å². The number of carbonyl (C=O) groups is 1. The number of ether oxygens (including phenoxy) is 1. The summed E-state index contributed by atoms with van der Waals surface area (Å²) in [5.74, 6) is -0.891. The summed E-state index contributed by atoms with van der Waals surface area (Å²) < 4.78 is 6.08. The Kier molecular flexibility index (Phi) is 4.69. The Morgan fingerprint density at radius 1 is 1.17 bits per heavy atom. The van der Waals surface area contributed by atoms with Crippen LogP contribution in [0.5, 0.6) is 0 Å². The fourth-order valence-corrected chi connectivity index (χ4v) is 3.02. The zero-order chi connectivity index (χ0) is 17.2. The molecule has 1 N–H and O–H groups in total. The first kappa shape index (κ1) is 16.7. The molecule has 0 aliphatic carbocycles.